The lowest BCUT2D eigenvalue weighted by atomic mass is 10.1. The molecular weight excluding hydrogens is 440 g/mol. The van der Waals surface area contributed by atoms with E-state index >= 15 is 0 Å². The molecule has 172 valence electrons. The molecule has 0 saturated heterocycles. The van der Waals surface area contributed by atoms with Gasteiger partial charge in [-0.15, -0.1) is 0 Å². The zero-order chi connectivity index (χ0) is 23.8. The summed E-state index contributed by atoms with van der Waals surface area (Å²) in [4.78, 5) is 36.8. The van der Waals surface area contributed by atoms with Crippen molar-refractivity contribution in [2.24, 2.45) is 0 Å². The van der Waals surface area contributed by atoms with Crippen molar-refractivity contribution in [1.82, 2.24) is 5.32 Å². The molecule has 0 aromatic heterocycles. The second kappa shape index (κ2) is 11.2. The van der Waals surface area contributed by atoms with Crippen molar-refractivity contribution < 1.29 is 33.3 Å². The van der Waals surface area contributed by atoms with Gasteiger partial charge in [0.25, 0.3) is 11.8 Å². The van der Waals surface area contributed by atoms with Crippen LogP contribution >= 0.6 is 11.6 Å². The van der Waals surface area contributed by atoms with E-state index in [0.29, 0.717) is 28.0 Å². The van der Waals surface area contributed by atoms with Crippen LogP contribution in [0, 0.1) is 6.92 Å². The number of carbonyl (C=O) groups excluding carboxylic acids is 3. The molecule has 0 aliphatic rings. The molecule has 0 saturated carbocycles. The summed E-state index contributed by atoms with van der Waals surface area (Å²) in [6.07, 6.45) is 0. The molecule has 0 fully saturated rings. The van der Waals surface area contributed by atoms with Crippen LogP contribution in [0.2, 0.25) is 5.02 Å². The van der Waals surface area contributed by atoms with Crippen LogP contribution in [0.1, 0.15) is 22.8 Å². The fourth-order valence-corrected chi connectivity index (χ4v) is 2.86. The third-order valence-corrected chi connectivity index (χ3v) is 4.84. The molecule has 2 rings (SSSR count). The number of ether oxygens (including phenoxy) is 4. The topological polar surface area (TPSA) is 112 Å². The lowest BCUT2D eigenvalue weighted by Crippen LogP contribution is -2.40. The molecule has 0 aliphatic carbocycles. The average Bonchev–Trinajstić information content (AvgIpc) is 2.78. The third kappa shape index (κ3) is 6.27. The first kappa shape index (κ1) is 24.8. The number of carbonyl (C=O) groups is 3. The van der Waals surface area contributed by atoms with Gasteiger partial charge in [-0.25, -0.2) is 4.79 Å². The minimum atomic E-state index is -1.01. The fraction of sp³-hybridized carbons (Fsp3) is 0.318. The number of halogens is 1. The number of amides is 2. The van der Waals surface area contributed by atoms with Crippen molar-refractivity contribution in [2.45, 2.75) is 19.9 Å². The van der Waals surface area contributed by atoms with Crippen molar-refractivity contribution in [3.05, 3.63) is 46.5 Å². The van der Waals surface area contributed by atoms with Crippen LogP contribution in [0.15, 0.2) is 30.3 Å². The van der Waals surface area contributed by atoms with Gasteiger partial charge in [0.05, 0.1) is 21.3 Å². The summed E-state index contributed by atoms with van der Waals surface area (Å²) in [6.45, 7) is 2.76. The van der Waals surface area contributed by atoms with Crippen molar-refractivity contribution >= 4 is 35.1 Å². The molecule has 2 N–H and O–H groups in total. The number of hydrogen-bond acceptors (Lipinski definition) is 7. The number of rotatable bonds is 9. The Morgan fingerprint density at radius 2 is 1.62 bits per heavy atom. The summed E-state index contributed by atoms with van der Waals surface area (Å²) in [5.74, 6) is -0.961. The van der Waals surface area contributed by atoms with Crippen molar-refractivity contribution in [3.8, 4) is 17.2 Å². The Balaban J connectivity index is 1.94. The minimum Gasteiger partial charge on any atom is -0.493 e. The number of aryl methyl sites for hydroxylation is 1. The van der Waals surface area contributed by atoms with E-state index in [0.717, 1.165) is 5.56 Å². The summed E-state index contributed by atoms with van der Waals surface area (Å²) in [5, 5.41) is 5.59. The predicted octanol–water partition coefficient (Wildman–Crippen LogP) is 2.97. The largest absolute Gasteiger partial charge is 0.493 e. The maximum absolute atomic E-state index is 12.6. The van der Waals surface area contributed by atoms with E-state index in [1.54, 1.807) is 18.2 Å². The van der Waals surface area contributed by atoms with Gasteiger partial charge in [-0.1, -0.05) is 17.7 Å². The maximum atomic E-state index is 12.6. The van der Waals surface area contributed by atoms with Crippen LogP contribution in [-0.4, -0.2) is 51.8 Å². The summed E-state index contributed by atoms with van der Waals surface area (Å²) in [7, 11) is 4.30. The average molecular weight is 465 g/mol. The number of nitrogens with one attached hydrogen (secondary N) is 2. The van der Waals surface area contributed by atoms with Gasteiger partial charge in [-0.05, 0) is 43.7 Å². The fourth-order valence-electron chi connectivity index (χ4n) is 2.68. The molecule has 32 heavy (non-hydrogen) atoms. The highest BCUT2D eigenvalue weighted by molar-refractivity contribution is 6.31. The van der Waals surface area contributed by atoms with Crippen molar-refractivity contribution in [3.63, 3.8) is 0 Å². The Kier molecular flexibility index (Phi) is 8.71. The zero-order valence-electron chi connectivity index (χ0n) is 18.4. The summed E-state index contributed by atoms with van der Waals surface area (Å²) in [5.41, 5.74) is 1.53. The van der Waals surface area contributed by atoms with Crippen LogP contribution in [0.4, 0.5) is 5.69 Å². The van der Waals surface area contributed by atoms with Crippen LogP contribution in [-0.2, 0) is 14.3 Å². The number of benzene rings is 2. The molecule has 0 spiro atoms. The second-order valence-corrected chi connectivity index (χ2v) is 7.14. The molecule has 1 atom stereocenters. The van der Waals surface area contributed by atoms with Crippen molar-refractivity contribution in [1.29, 1.82) is 0 Å². The van der Waals surface area contributed by atoms with Gasteiger partial charge in [0.15, 0.2) is 18.1 Å². The number of esters is 1. The standard InChI is InChI=1S/C22H25ClN2O7/c1-12-6-7-15(10-16(12)23)25-19(26)11-32-22(28)13(2)24-21(27)14-8-17(29-3)20(31-5)18(9-14)30-4/h6-10,13H,11H2,1-5H3,(H,24,27)(H,25,26)/t13-/m0/s1. The molecule has 9 nitrogen and oxygen atoms in total. The SMILES string of the molecule is COc1cc(C(=O)N[C@@H](C)C(=O)OCC(=O)Nc2ccc(C)c(Cl)c2)cc(OC)c1OC. The molecule has 0 bridgehead atoms. The first-order valence-electron chi connectivity index (χ1n) is 9.53. The molecule has 0 aliphatic heterocycles. The van der Waals surface area contributed by atoms with E-state index in [4.69, 9.17) is 30.5 Å². The summed E-state index contributed by atoms with van der Waals surface area (Å²) >= 11 is 6.02. The lowest BCUT2D eigenvalue weighted by Gasteiger charge is -2.16. The minimum absolute atomic E-state index is 0.188. The van der Waals surface area contributed by atoms with Crippen LogP contribution in [0.3, 0.4) is 0 Å². The number of anilines is 1. The van der Waals surface area contributed by atoms with Crippen LogP contribution in [0.5, 0.6) is 17.2 Å². The van der Waals surface area contributed by atoms with Gasteiger partial charge in [0.2, 0.25) is 5.75 Å². The number of methoxy groups -OCH3 is 3. The highest BCUT2D eigenvalue weighted by Crippen LogP contribution is 2.38. The third-order valence-electron chi connectivity index (χ3n) is 4.43. The molecular formula is C22H25ClN2O7. The van der Waals surface area contributed by atoms with Gasteiger partial charge in [-0.2, -0.15) is 0 Å². The molecule has 0 unspecified atom stereocenters. The smallest absolute Gasteiger partial charge is 0.328 e. The summed E-state index contributed by atoms with van der Waals surface area (Å²) < 4.78 is 20.6. The Morgan fingerprint density at radius 1 is 1.00 bits per heavy atom. The normalized spacial score (nSPS) is 11.2. The van der Waals surface area contributed by atoms with E-state index in [-0.39, 0.29) is 5.56 Å². The number of hydrogen-bond donors (Lipinski definition) is 2. The van der Waals surface area contributed by atoms with Crippen LogP contribution in [0.25, 0.3) is 0 Å². The van der Waals surface area contributed by atoms with E-state index < -0.39 is 30.4 Å². The Morgan fingerprint density at radius 3 is 2.16 bits per heavy atom. The Hall–Kier alpha value is -3.46. The van der Waals surface area contributed by atoms with E-state index in [2.05, 4.69) is 10.6 Å². The Bertz CT molecular complexity index is 985. The molecule has 0 heterocycles. The van der Waals surface area contributed by atoms with Gasteiger partial charge < -0.3 is 29.6 Å². The molecule has 2 aromatic rings. The molecule has 0 radical (unpaired) electrons. The molecule has 2 amide bonds. The Labute approximate surface area is 190 Å². The van der Waals surface area contributed by atoms with Gasteiger partial charge in [0.1, 0.15) is 6.04 Å². The van der Waals surface area contributed by atoms with Gasteiger partial charge in [0, 0.05) is 16.3 Å². The zero-order valence-corrected chi connectivity index (χ0v) is 19.2. The van der Waals surface area contributed by atoms with Crippen molar-refractivity contribution in [2.75, 3.05) is 33.3 Å². The van der Waals surface area contributed by atoms with Gasteiger partial charge >= 0.3 is 5.97 Å². The molecule has 2 aromatic carbocycles. The van der Waals surface area contributed by atoms with E-state index in [1.807, 2.05) is 6.92 Å². The van der Waals surface area contributed by atoms with E-state index in [1.165, 1.54) is 40.4 Å². The lowest BCUT2D eigenvalue weighted by molar-refractivity contribution is -0.148. The van der Waals surface area contributed by atoms with Gasteiger partial charge in [-0.3, -0.25) is 9.59 Å². The first-order valence-corrected chi connectivity index (χ1v) is 9.91. The second-order valence-electron chi connectivity index (χ2n) is 6.73. The first-order chi connectivity index (χ1) is 15.2. The van der Waals surface area contributed by atoms with Crippen LogP contribution < -0.4 is 24.8 Å². The highest BCUT2D eigenvalue weighted by atomic mass is 35.5. The highest BCUT2D eigenvalue weighted by Gasteiger charge is 2.22. The quantitative estimate of drug-likeness (QED) is 0.548. The molecule has 10 heteroatoms. The summed E-state index contributed by atoms with van der Waals surface area (Å²) in [6, 6.07) is 6.93. The maximum Gasteiger partial charge on any atom is 0.328 e. The monoisotopic (exact) mass is 464 g/mol. The van der Waals surface area contributed by atoms with E-state index in [9.17, 15) is 14.4 Å². The predicted molar refractivity (Wildman–Crippen MR) is 119 cm³/mol.